The van der Waals surface area contributed by atoms with E-state index in [1.165, 1.54) is 11.1 Å². The van der Waals surface area contributed by atoms with Crippen molar-refractivity contribution in [2.75, 3.05) is 7.05 Å². The van der Waals surface area contributed by atoms with Gasteiger partial charge in [-0.3, -0.25) is 0 Å². The van der Waals surface area contributed by atoms with Crippen molar-refractivity contribution >= 4 is 15.9 Å². The van der Waals surface area contributed by atoms with Gasteiger partial charge in [-0.05, 0) is 45.0 Å². The standard InChI is InChI=1S/C13H20BrNO/c1-13(2,3)16-9-11-6-5-10(8-15-4)7-12(11)14/h5-7,15H,8-9H2,1-4H3. The van der Waals surface area contributed by atoms with Gasteiger partial charge >= 0.3 is 0 Å². The summed E-state index contributed by atoms with van der Waals surface area (Å²) in [7, 11) is 1.95. The van der Waals surface area contributed by atoms with Crippen LogP contribution >= 0.6 is 15.9 Å². The molecule has 0 heterocycles. The molecule has 0 aromatic heterocycles. The van der Waals surface area contributed by atoms with E-state index >= 15 is 0 Å². The van der Waals surface area contributed by atoms with E-state index in [1.54, 1.807) is 0 Å². The third kappa shape index (κ3) is 4.64. The van der Waals surface area contributed by atoms with Crippen LogP contribution < -0.4 is 5.32 Å². The van der Waals surface area contributed by atoms with E-state index in [0.29, 0.717) is 6.61 Å². The summed E-state index contributed by atoms with van der Waals surface area (Å²) in [6.07, 6.45) is 0. The summed E-state index contributed by atoms with van der Waals surface area (Å²) in [6.45, 7) is 7.73. The molecule has 0 aliphatic heterocycles. The summed E-state index contributed by atoms with van der Waals surface area (Å²) in [4.78, 5) is 0. The van der Waals surface area contributed by atoms with Crippen molar-refractivity contribution in [1.29, 1.82) is 0 Å². The number of ether oxygens (including phenoxy) is 1. The summed E-state index contributed by atoms with van der Waals surface area (Å²) >= 11 is 3.58. The summed E-state index contributed by atoms with van der Waals surface area (Å²) in [5, 5.41) is 3.13. The van der Waals surface area contributed by atoms with Crippen molar-refractivity contribution in [1.82, 2.24) is 5.32 Å². The van der Waals surface area contributed by atoms with Gasteiger partial charge < -0.3 is 10.1 Å². The Kier molecular flexibility index (Phi) is 4.96. The zero-order valence-corrected chi connectivity index (χ0v) is 12.0. The molecular formula is C13H20BrNO. The molecular weight excluding hydrogens is 266 g/mol. The highest BCUT2D eigenvalue weighted by atomic mass is 79.9. The number of benzene rings is 1. The van der Waals surface area contributed by atoms with Gasteiger partial charge in [-0.15, -0.1) is 0 Å². The Morgan fingerprint density at radius 3 is 2.50 bits per heavy atom. The monoisotopic (exact) mass is 285 g/mol. The highest BCUT2D eigenvalue weighted by Crippen LogP contribution is 2.21. The molecule has 0 aliphatic rings. The van der Waals surface area contributed by atoms with Crippen LogP contribution in [0.5, 0.6) is 0 Å². The van der Waals surface area contributed by atoms with Crippen LogP contribution in [0.1, 0.15) is 31.9 Å². The molecule has 16 heavy (non-hydrogen) atoms. The van der Waals surface area contributed by atoms with Gasteiger partial charge in [0, 0.05) is 11.0 Å². The summed E-state index contributed by atoms with van der Waals surface area (Å²) < 4.78 is 6.87. The van der Waals surface area contributed by atoms with E-state index in [1.807, 2.05) is 7.05 Å². The minimum absolute atomic E-state index is 0.0942. The predicted octanol–water partition coefficient (Wildman–Crippen LogP) is 3.48. The van der Waals surface area contributed by atoms with Crippen LogP contribution in [0.4, 0.5) is 0 Å². The van der Waals surface area contributed by atoms with Gasteiger partial charge in [-0.2, -0.15) is 0 Å². The normalized spacial score (nSPS) is 11.8. The summed E-state index contributed by atoms with van der Waals surface area (Å²) in [5.74, 6) is 0. The number of hydrogen-bond acceptors (Lipinski definition) is 2. The molecule has 0 atom stereocenters. The Labute approximate surface area is 107 Å². The predicted molar refractivity (Wildman–Crippen MR) is 71.4 cm³/mol. The fourth-order valence-corrected chi connectivity index (χ4v) is 1.86. The third-order valence-corrected chi connectivity index (χ3v) is 2.90. The lowest BCUT2D eigenvalue weighted by Crippen LogP contribution is -2.18. The fraction of sp³-hybridized carbons (Fsp3) is 0.538. The molecule has 1 aromatic rings. The molecule has 0 aliphatic carbocycles. The summed E-state index contributed by atoms with van der Waals surface area (Å²) in [6, 6.07) is 6.38. The Hall–Kier alpha value is -0.380. The lowest BCUT2D eigenvalue weighted by molar-refractivity contribution is -0.0152. The van der Waals surface area contributed by atoms with Crippen LogP contribution in [-0.2, 0) is 17.9 Å². The minimum Gasteiger partial charge on any atom is -0.371 e. The van der Waals surface area contributed by atoms with Gasteiger partial charge in [-0.25, -0.2) is 0 Å². The van der Waals surface area contributed by atoms with E-state index in [0.717, 1.165) is 11.0 Å². The van der Waals surface area contributed by atoms with Crippen LogP contribution in [0.25, 0.3) is 0 Å². The highest BCUT2D eigenvalue weighted by Gasteiger charge is 2.11. The molecule has 1 aromatic carbocycles. The number of hydrogen-bond donors (Lipinski definition) is 1. The molecule has 3 heteroatoms. The number of nitrogens with one attached hydrogen (secondary N) is 1. The second-order valence-electron chi connectivity index (χ2n) is 4.86. The molecule has 0 fully saturated rings. The van der Waals surface area contributed by atoms with Crippen LogP contribution in [-0.4, -0.2) is 12.6 Å². The molecule has 90 valence electrons. The van der Waals surface area contributed by atoms with Crippen molar-refractivity contribution < 1.29 is 4.74 Å². The Bertz CT molecular complexity index is 344. The molecule has 0 bridgehead atoms. The molecule has 0 radical (unpaired) electrons. The largest absolute Gasteiger partial charge is 0.371 e. The SMILES string of the molecule is CNCc1ccc(COC(C)(C)C)c(Br)c1. The van der Waals surface area contributed by atoms with Crippen LogP contribution in [0.15, 0.2) is 22.7 Å². The van der Waals surface area contributed by atoms with E-state index < -0.39 is 0 Å². The molecule has 0 unspecified atom stereocenters. The molecule has 0 amide bonds. The van der Waals surface area contributed by atoms with Gasteiger partial charge in [0.1, 0.15) is 0 Å². The van der Waals surface area contributed by atoms with Crippen molar-refractivity contribution in [3.05, 3.63) is 33.8 Å². The van der Waals surface area contributed by atoms with Gasteiger partial charge in [0.2, 0.25) is 0 Å². The molecule has 2 nitrogen and oxygen atoms in total. The average molecular weight is 286 g/mol. The van der Waals surface area contributed by atoms with Crippen LogP contribution in [0.2, 0.25) is 0 Å². The second-order valence-corrected chi connectivity index (χ2v) is 5.71. The first-order valence-corrected chi connectivity index (χ1v) is 6.27. The maximum absolute atomic E-state index is 5.75. The van der Waals surface area contributed by atoms with Gasteiger partial charge in [-0.1, -0.05) is 28.1 Å². The van der Waals surface area contributed by atoms with Crippen molar-refractivity contribution in [2.45, 2.75) is 39.5 Å². The van der Waals surface area contributed by atoms with Crippen molar-refractivity contribution in [3.63, 3.8) is 0 Å². The first-order valence-electron chi connectivity index (χ1n) is 5.48. The second kappa shape index (κ2) is 5.80. The van der Waals surface area contributed by atoms with Gasteiger partial charge in [0.25, 0.3) is 0 Å². The number of rotatable bonds is 4. The smallest absolute Gasteiger partial charge is 0.0734 e. The molecule has 1 rings (SSSR count). The van der Waals surface area contributed by atoms with Gasteiger partial charge in [0.15, 0.2) is 0 Å². The molecule has 1 N–H and O–H groups in total. The zero-order valence-electron chi connectivity index (χ0n) is 10.4. The first kappa shape index (κ1) is 13.7. The quantitative estimate of drug-likeness (QED) is 0.915. The van der Waals surface area contributed by atoms with E-state index in [-0.39, 0.29) is 5.60 Å². The Morgan fingerprint density at radius 2 is 2.00 bits per heavy atom. The Morgan fingerprint density at radius 1 is 1.31 bits per heavy atom. The fourth-order valence-electron chi connectivity index (χ4n) is 1.32. The van der Waals surface area contributed by atoms with E-state index in [4.69, 9.17) is 4.74 Å². The van der Waals surface area contributed by atoms with Crippen molar-refractivity contribution in [3.8, 4) is 0 Å². The zero-order chi connectivity index (χ0) is 12.2. The lowest BCUT2D eigenvalue weighted by Gasteiger charge is -2.20. The maximum Gasteiger partial charge on any atom is 0.0734 e. The van der Waals surface area contributed by atoms with E-state index in [2.05, 4.69) is 60.2 Å². The first-order chi connectivity index (χ1) is 7.42. The molecule has 0 saturated carbocycles. The van der Waals surface area contributed by atoms with E-state index in [9.17, 15) is 0 Å². The summed E-state index contributed by atoms with van der Waals surface area (Å²) in [5.41, 5.74) is 2.37. The van der Waals surface area contributed by atoms with Crippen LogP contribution in [0.3, 0.4) is 0 Å². The Balaban J connectivity index is 2.68. The highest BCUT2D eigenvalue weighted by molar-refractivity contribution is 9.10. The third-order valence-electron chi connectivity index (χ3n) is 2.16. The van der Waals surface area contributed by atoms with Crippen molar-refractivity contribution in [2.24, 2.45) is 0 Å². The van der Waals surface area contributed by atoms with Gasteiger partial charge in [0.05, 0.1) is 12.2 Å². The average Bonchev–Trinajstić information content (AvgIpc) is 2.15. The topological polar surface area (TPSA) is 21.3 Å². The van der Waals surface area contributed by atoms with Crippen LogP contribution in [0, 0.1) is 0 Å². The lowest BCUT2D eigenvalue weighted by atomic mass is 10.1. The maximum atomic E-state index is 5.75. The molecule has 0 saturated heterocycles. The minimum atomic E-state index is -0.0942. The molecule has 0 spiro atoms. The number of halogens is 1.